The van der Waals surface area contributed by atoms with Crippen molar-refractivity contribution in [2.45, 2.75) is 57.9 Å². The van der Waals surface area contributed by atoms with E-state index in [1.54, 1.807) is 0 Å². The largest absolute Gasteiger partial charge is 0.349 e. The summed E-state index contributed by atoms with van der Waals surface area (Å²) in [5, 5.41) is 2.97. The van der Waals surface area contributed by atoms with Crippen molar-refractivity contribution in [3.8, 4) is 0 Å². The number of rotatable bonds is 6. The van der Waals surface area contributed by atoms with Crippen molar-refractivity contribution in [1.29, 1.82) is 0 Å². The van der Waals surface area contributed by atoms with Gasteiger partial charge in [0, 0.05) is 26.2 Å². The first-order chi connectivity index (χ1) is 13.1. The molecule has 1 saturated heterocycles. The lowest BCUT2D eigenvalue weighted by molar-refractivity contribution is 0.0754. The Bertz CT molecular complexity index is 660. The van der Waals surface area contributed by atoms with E-state index in [0.29, 0.717) is 18.1 Å². The molecular weight excluding hydrogens is 342 g/mol. The zero-order chi connectivity index (χ0) is 19.2. The van der Waals surface area contributed by atoms with E-state index in [1.165, 1.54) is 12.8 Å². The van der Waals surface area contributed by atoms with Gasteiger partial charge in [-0.05, 0) is 59.2 Å². The summed E-state index contributed by atoms with van der Waals surface area (Å²) < 4.78 is 1.98. The highest BCUT2D eigenvalue weighted by Gasteiger charge is 2.30. The van der Waals surface area contributed by atoms with E-state index in [0.717, 1.165) is 70.4 Å². The van der Waals surface area contributed by atoms with Gasteiger partial charge in [-0.25, -0.2) is 4.98 Å². The number of likely N-dealkylation sites (tertiary alicyclic amines) is 1. The van der Waals surface area contributed by atoms with Crippen molar-refractivity contribution < 1.29 is 9.59 Å². The number of imidazole rings is 1. The van der Waals surface area contributed by atoms with Crippen LogP contribution in [0.4, 0.5) is 0 Å². The number of hydrogen-bond donors (Lipinski definition) is 1. The molecule has 1 N–H and O–H groups in total. The van der Waals surface area contributed by atoms with E-state index in [9.17, 15) is 9.59 Å². The molecule has 7 heteroatoms. The van der Waals surface area contributed by atoms with Crippen LogP contribution in [-0.2, 0) is 13.0 Å². The van der Waals surface area contributed by atoms with Gasteiger partial charge in [0.05, 0.1) is 5.69 Å². The van der Waals surface area contributed by atoms with Gasteiger partial charge in [-0.2, -0.15) is 0 Å². The van der Waals surface area contributed by atoms with Crippen molar-refractivity contribution in [3.05, 3.63) is 17.2 Å². The Morgan fingerprint density at radius 1 is 1.04 bits per heavy atom. The van der Waals surface area contributed by atoms with E-state index in [1.807, 2.05) is 23.6 Å². The molecule has 0 spiro atoms. The highest BCUT2D eigenvalue weighted by molar-refractivity contribution is 5.97. The average molecular weight is 376 g/mol. The Morgan fingerprint density at radius 2 is 1.74 bits per heavy atom. The van der Waals surface area contributed by atoms with Crippen LogP contribution >= 0.6 is 0 Å². The molecule has 0 bridgehead atoms. The number of carbonyl (C=O) groups is 2. The minimum Gasteiger partial charge on any atom is -0.349 e. The first-order valence-corrected chi connectivity index (χ1v) is 10.4. The third-order valence-electron chi connectivity index (χ3n) is 5.48. The van der Waals surface area contributed by atoms with Gasteiger partial charge in [0.2, 0.25) is 0 Å². The third kappa shape index (κ3) is 4.89. The molecule has 0 saturated carbocycles. The van der Waals surface area contributed by atoms with Gasteiger partial charge in [0.15, 0.2) is 5.82 Å². The highest BCUT2D eigenvalue weighted by atomic mass is 16.2. The molecule has 0 aromatic carbocycles. The number of amides is 2. The zero-order valence-corrected chi connectivity index (χ0v) is 16.8. The van der Waals surface area contributed by atoms with Crippen LogP contribution in [0.1, 0.15) is 71.7 Å². The van der Waals surface area contributed by atoms with Crippen LogP contribution in [0.3, 0.4) is 0 Å². The van der Waals surface area contributed by atoms with Crippen molar-refractivity contribution in [2.24, 2.45) is 0 Å². The van der Waals surface area contributed by atoms with Crippen LogP contribution in [-0.4, -0.2) is 71.4 Å². The first-order valence-electron chi connectivity index (χ1n) is 10.4. The molecular formula is C20H33N5O2. The maximum Gasteiger partial charge on any atom is 0.287 e. The molecule has 0 unspecified atom stereocenters. The summed E-state index contributed by atoms with van der Waals surface area (Å²) in [5.74, 6) is 0.258. The topological polar surface area (TPSA) is 70.5 Å². The number of fused-ring (bicyclic) bond motifs is 1. The Morgan fingerprint density at radius 3 is 2.44 bits per heavy atom. The summed E-state index contributed by atoms with van der Waals surface area (Å²) in [5.41, 5.74) is 1.46. The molecule has 3 rings (SSSR count). The molecule has 2 aliphatic heterocycles. The van der Waals surface area contributed by atoms with Crippen LogP contribution in [0.2, 0.25) is 0 Å². The van der Waals surface area contributed by atoms with E-state index < -0.39 is 0 Å². The highest BCUT2D eigenvalue weighted by Crippen LogP contribution is 2.23. The number of aromatic nitrogens is 2. The summed E-state index contributed by atoms with van der Waals surface area (Å²) in [6.07, 6.45) is 8.29. The molecule has 2 amide bonds. The number of nitrogens with one attached hydrogen (secondary N) is 1. The normalized spacial score (nSPS) is 17.5. The summed E-state index contributed by atoms with van der Waals surface area (Å²) >= 11 is 0. The second kappa shape index (κ2) is 9.35. The van der Waals surface area contributed by atoms with Crippen LogP contribution in [0.25, 0.3) is 0 Å². The van der Waals surface area contributed by atoms with Crippen LogP contribution in [0, 0.1) is 0 Å². The fraction of sp³-hybridized carbons (Fsp3) is 0.750. The average Bonchev–Trinajstić information content (AvgIpc) is 2.84. The smallest absolute Gasteiger partial charge is 0.287 e. The fourth-order valence-corrected chi connectivity index (χ4v) is 3.99. The predicted molar refractivity (Wildman–Crippen MR) is 105 cm³/mol. The standard InChI is InChI=1S/C20H33N5O2/c1-23(2)12-9-11-21-19(26)18-22-17(16-10-5-8-15-25(16)18)20(27)24-13-6-3-4-7-14-24/h3-15H2,1-2H3,(H,21,26). The fourth-order valence-electron chi connectivity index (χ4n) is 3.99. The molecule has 2 aliphatic rings. The van der Waals surface area contributed by atoms with Gasteiger partial charge in [-0.15, -0.1) is 0 Å². The van der Waals surface area contributed by atoms with E-state index in [4.69, 9.17) is 0 Å². The Kier molecular flexibility index (Phi) is 6.88. The second-order valence-electron chi connectivity index (χ2n) is 7.96. The van der Waals surface area contributed by atoms with Gasteiger partial charge < -0.3 is 19.7 Å². The molecule has 27 heavy (non-hydrogen) atoms. The molecule has 150 valence electrons. The number of carbonyl (C=O) groups excluding carboxylic acids is 2. The summed E-state index contributed by atoms with van der Waals surface area (Å²) in [7, 11) is 4.04. The Balaban J connectivity index is 1.75. The van der Waals surface area contributed by atoms with E-state index in [-0.39, 0.29) is 11.8 Å². The quantitative estimate of drug-likeness (QED) is 0.771. The first kappa shape index (κ1) is 19.9. The molecule has 1 aromatic rings. The van der Waals surface area contributed by atoms with E-state index in [2.05, 4.69) is 15.2 Å². The lowest BCUT2D eigenvalue weighted by Gasteiger charge is -2.21. The van der Waals surface area contributed by atoms with Crippen LogP contribution in [0.15, 0.2) is 0 Å². The molecule has 0 aliphatic carbocycles. The van der Waals surface area contributed by atoms with Gasteiger partial charge in [0.1, 0.15) is 5.69 Å². The summed E-state index contributed by atoms with van der Waals surface area (Å²) in [6, 6.07) is 0. The van der Waals surface area contributed by atoms with Gasteiger partial charge in [0.25, 0.3) is 11.8 Å². The molecule has 1 fully saturated rings. The van der Waals surface area contributed by atoms with Crippen LogP contribution < -0.4 is 5.32 Å². The molecule has 0 atom stereocenters. The Labute approximate surface area is 162 Å². The Hall–Kier alpha value is -1.89. The maximum atomic E-state index is 13.1. The SMILES string of the molecule is CN(C)CCCNC(=O)c1nc(C(=O)N2CCCCCC2)c2n1CCCC2. The van der Waals surface area contributed by atoms with Gasteiger partial charge >= 0.3 is 0 Å². The molecule has 0 radical (unpaired) electrons. The van der Waals surface area contributed by atoms with Crippen molar-refractivity contribution in [3.63, 3.8) is 0 Å². The van der Waals surface area contributed by atoms with E-state index >= 15 is 0 Å². The number of hydrogen-bond acceptors (Lipinski definition) is 4. The summed E-state index contributed by atoms with van der Waals surface area (Å²) in [4.78, 5) is 34.4. The van der Waals surface area contributed by atoms with Crippen molar-refractivity contribution >= 4 is 11.8 Å². The molecule has 1 aromatic heterocycles. The maximum absolute atomic E-state index is 13.1. The van der Waals surface area contributed by atoms with Gasteiger partial charge in [-0.1, -0.05) is 12.8 Å². The van der Waals surface area contributed by atoms with Crippen molar-refractivity contribution in [1.82, 2.24) is 24.7 Å². The lowest BCUT2D eigenvalue weighted by Crippen LogP contribution is -2.33. The monoisotopic (exact) mass is 375 g/mol. The second-order valence-corrected chi connectivity index (χ2v) is 7.96. The van der Waals surface area contributed by atoms with Gasteiger partial charge in [-0.3, -0.25) is 9.59 Å². The zero-order valence-electron chi connectivity index (χ0n) is 16.8. The number of nitrogens with zero attached hydrogens (tertiary/aromatic N) is 4. The minimum absolute atomic E-state index is 0.00853. The van der Waals surface area contributed by atoms with Crippen LogP contribution in [0.5, 0.6) is 0 Å². The van der Waals surface area contributed by atoms with Crippen molar-refractivity contribution in [2.75, 3.05) is 40.3 Å². The molecule has 3 heterocycles. The predicted octanol–water partition coefficient (Wildman–Crippen LogP) is 1.92. The molecule has 7 nitrogen and oxygen atoms in total. The summed E-state index contributed by atoms with van der Waals surface area (Å²) in [6.45, 7) is 3.93. The lowest BCUT2D eigenvalue weighted by atomic mass is 10.1. The third-order valence-corrected chi connectivity index (χ3v) is 5.48. The minimum atomic E-state index is -0.160.